The highest BCUT2D eigenvalue weighted by Crippen LogP contribution is 2.83. The fraction of sp³-hybridized carbons (Fsp3) is 0.846. The Balaban J connectivity index is 2.10. The molecule has 32 heavy (non-hydrogen) atoms. The first-order chi connectivity index (χ1) is 14.7. The lowest BCUT2D eigenvalue weighted by atomic mass is 9.36. The van der Waals surface area contributed by atoms with Gasteiger partial charge < -0.3 is 0 Å². The maximum Gasteiger partial charge on any atom is 0.181 e. The fourth-order valence-electron chi connectivity index (χ4n) is 7.05. The predicted molar refractivity (Wildman–Crippen MR) is 132 cm³/mol. The van der Waals surface area contributed by atoms with Crippen molar-refractivity contribution in [2.45, 2.75) is 128 Å². The summed E-state index contributed by atoms with van der Waals surface area (Å²) >= 11 is 0. The molecule has 4 nitrogen and oxygen atoms in total. The summed E-state index contributed by atoms with van der Waals surface area (Å²) in [4.78, 5) is 0.599. The Morgan fingerprint density at radius 2 is 0.844 bits per heavy atom. The Hall–Kier alpha value is -0.620. The molecule has 2 unspecified atom stereocenters. The van der Waals surface area contributed by atoms with Crippen LogP contribution in [0.5, 0.6) is 0 Å². The Morgan fingerprint density at radius 3 is 1.16 bits per heavy atom. The summed E-state index contributed by atoms with van der Waals surface area (Å²) in [5.41, 5.74) is 1.49. The minimum absolute atomic E-state index is 0.300. The van der Waals surface area contributed by atoms with E-state index in [0.717, 1.165) is 64.2 Å². The van der Waals surface area contributed by atoms with Crippen LogP contribution in [0, 0.1) is 10.8 Å². The van der Waals surface area contributed by atoms with Crippen molar-refractivity contribution in [1.29, 1.82) is 0 Å². The molecule has 0 saturated heterocycles. The topological polar surface area (TPSA) is 68.3 Å². The van der Waals surface area contributed by atoms with Crippen LogP contribution in [0.4, 0.5) is 0 Å². The molecule has 0 radical (unpaired) electrons. The van der Waals surface area contributed by atoms with Crippen molar-refractivity contribution in [3.8, 4) is 0 Å². The Labute approximate surface area is 196 Å². The Morgan fingerprint density at radius 1 is 0.531 bits per heavy atom. The zero-order chi connectivity index (χ0) is 23.8. The molecule has 0 bridgehead atoms. The molecule has 0 N–H and O–H groups in total. The van der Waals surface area contributed by atoms with E-state index < -0.39 is 40.0 Å². The average molecular weight is 483 g/mol. The summed E-state index contributed by atoms with van der Waals surface area (Å²) in [7, 11) is -7.56. The van der Waals surface area contributed by atoms with E-state index in [1.165, 1.54) is 24.0 Å². The Kier molecular flexibility index (Phi) is 5.69. The van der Waals surface area contributed by atoms with Gasteiger partial charge in [0, 0.05) is 10.8 Å². The van der Waals surface area contributed by atoms with E-state index in [0.29, 0.717) is 9.81 Å². The second-order valence-corrected chi connectivity index (χ2v) is 17.8. The van der Waals surface area contributed by atoms with Crippen LogP contribution in [0.1, 0.15) is 119 Å². The van der Waals surface area contributed by atoms with Crippen LogP contribution in [0.3, 0.4) is 0 Å². The summed E-state index contributed by atoms with van der Waals surface area (Å²) in [6.45, 7) is 10.3. The van der Waals surface area contributed by atoms with Crippen molar-refractivity contribution in [3.05, 3.63) is 21.0 Å². The lowest BCUT2D eigenvalue weighted by molar-refractivity contribution is 0.0590. The van der Waals surface area contributed by atoms with Crippen LogP contribution in [-0.2, 0) is 19.7 Å². The molecule has 0 aromatic heterocycles. The van der Waals surface area contributed by atoms with Crippen LogP contribution >= 0.6 is 0 Å². The van der Waals surface area contributed by atoms with Crippen LogP contribution in [-0.4, -0.2) is 26.3 Å². The standard InChI is InChI=1S/C26H42O4S2/c1-23(2,3)31(27,28)21-22(32(29,30)24(4,5)6)26-18-14-10-9-13-17-25(21,26)19-15-11-7-8-12-16-20(19)26/h7-18H2,1-6H3. The van der Waals surface area contributed by atoms with Crippen LogP contribution in [0.25, 0.3) is 0 Å². The SMILES string of the molecule is CC(C)(C)S(=O)(=O)C1=C(S(=O)(=O)C(C)(C)C)C23CCCCCCC12C1=C3CCCCCC1. The second kappa shape index (κ2) is 7.44. The molecule has 4 aliphatic rings. The van der Waals surface area contributed by atoms with Gasteiger partial charge in [0.1, 0.15) is 0 Å². The van der Waals surface area contributed by atoms with E-state index >= 15 is 0 Å². The third-order valence-corrected chi connectivity index (χ3v) is 14.2. The summed E-state index contributed by atoms with van der Waals surface area (Å²) < 4.78 is 54.5. The minimum Gasteiger partial charge on any atom is -0.223 e. The van der Waals surface area contributed by atoms with Crippen molar-refractivity contribution in [2.24, 2.45) is 10.8 Å². The predicted octanol–water partition coefficient (Wildman–Crippen LogP) is 6.63. The summed E-state index contributed by atoms with van der Waals surface area (Å²) in [6, 6.07) is 0. The first kappa shape index (κ1) is 24.5. The van der Waals surface area contributed by atoms with Gasteiger partial charge >= 0.3 is 0 Å². The molecule has 1 fully saturated rings. The number of hydrogen-bond acceptors (Lipinski definition) is 4. The molecule has 0 heterocycles. The number of rotatable bonds is 2. The van der Waals surface area contributed by atoms with Gasteiger partial charge in [-0.05, 0) is 80.1 Å². The van der Waals surface area contributed by atoms with Crippen molar-refractivity contribution >= 4 is 19.7 Å². The van der Waals surface area contributed by atoms with Crippen molar-refractivity contribution in [2.75, 3.05) is 0 Å². The summed E-state index contributed by atoms with van der Waals surface area (Å²) in [5.74, 6) is 0. The van der Waals surface area contributed by atoms with Gasteiger partial charge in [-0.2, -0.15) is 0 Å². The minimum atomic E-state index is -3.78. The lowest BCUT2D eigenvalue weighted by Gasteiger charge is -2.72. The monoisotopic (exact) mass is 482 g/mol. The van der Waals surface area contributed by atoms with E-state index in [9.17, 15) is 16.8 Å². The molecule has 0 aliphatic heterocycles. The molecule has 6 heteroatoms. The molecule has 0 aromatic rings. The van der Waals surface area contributed by atoms with Gasteiger partial charge in [0.2, 0.25) is 0 Å². The van der Waals surface area contributed by atoms with Crippen molar-refractivity contribution in [1.82, 2.24) is 0 Å². The zero-order valence-electron chi connectivity index (χ0n) is 20.9. The third kappa shape index (κ3) is 2.90. The molecule has 4 rings (SSSR count). The van der Waals surface area contributed by atoms with Gasteiger partial charge in [0.05, 0.1) is 19.3 Å². The van der Waals surface area contributed by atoms with E-state index in [2.05, 4.69) is 0 Å². The number of allylic oxidation sites excluding steroid dienone is 4. The maximum absolute atomic E-state index is 14.1. The summed E-state index contributed by atoms with van der Waals surface area (Å²) in [6.07, 6.45) is 12.1. The van der Waals surface area contributed by atoms with Gasteiger partial charge in [0.25, 0.3) is 0 Å². The first-order valence-corrected chi connectivity index (χ1v) is 15.6. The third-order valence-electron chi connectivity index (χ3n) is 8.71. The van der Waals surface area contributed by atoms with Crippen LogP contribution in [0.2, 0.25) is 0 Å². The molecular weight excluding hydrogens is 440 g/mol. The zero-order valence-corrected chi connectivity index (χ0v) is 22.6. The van der Waals surface area contributed by atoms with E-state index in [1.54, 1.807) is 41.5 Å². The molecule has 182 valence electrons. The Bertz CT molecular complexity index is 992. The number of hydrogen-bond donors (Lipinski definition) is 0. The van der Waals surface area contributed by atoms with Gasteiger partial charge in [-0.1, -0.05) is 49.7 Å². The molecule has 0 amide bonds. The normalized spacial score (nSPS) is 32.3. The molecule has 2 atom stereocenters. The molecule has 1 saturated carbocycles. The van der Waals surface area contributed by atoms with Gasteiger partial charge in [-0.3, -0.25) is 0 Å². The highest BCUT2D eigenvalue weighted by atomic mass is 32.2. The number of sulfone groups is 2. The smallest absolute Gasteiger partial charge is 0.181 e. The summed E-state index contributed by atoms with van der Waals surface area (Å²) in [5, 5.41) is 0. The highest BCUT2D eigenvalue weighted by molar-refractivity contribution is 8.00. The maximum atomic E-state index is 14.1. The second-order valence-electron chi connectivity index (χ2n) is 12.5. The largest absolute Gasteiger partial charge is 0.223 e. The average Bonchev–Trinajstić information content (AvgIpc) is 2.61. The van der Waals surface area contributed by atoms with Gasteiger partial charge in [0.15, 0.2) is 19.7 Å². The van der Waals surface area contributed by atoms with E-state index in [4.69, 9.17) is 0 Å². The van der Waals surface area contributed by atoms with Crippen LogP contribution < -0.4 is 0 Å². The van der Waals surface area contributed by atoms with Crippen molar-refractivity contribution in [3.63, 3.8) is 0 Å². The van der Waals surface area contributed by atoms with E-state index in [1.807, 2.05) is 0 Å². The fourth-order valence-corrected chi connectivity index (χ4v) is 11.5. The molecule has 4 aliphatic carbocycles. The first-order valence-electron chi connectivity index (χ1n) is 12.6. The van der Waals surface area contributed by atoms with Gasteiger partial charge in [-0.25, -0.2) is 16.8 Å². The molecule has 0 aromatic carbocycles. The molecular formula is C26H42O4S2. The lowest BCUT2D eigenvalue weighted by Crippen LogP contribution is -2.68. The quantitative estimate of drug-likeness (QED) is 0.414. The van der Waals surface area contributed by atoms with E-state index in [-0.39, 0.29) is 0 Å². The molecule has 0 spiro atoms. The van der Waals surface area contributed by atoms with Crippen LogP contribution in [0.15, 0.2) is 21.0 Å². The van der Waals surface area contributed by atoms with Gasteiger partial charge in [-0.15, -0.1) is 0 Å². The van der Waals surface area contributed by atoms with Crippen molar-refractivity contribution < 1.29 is 16.8 Å². The highest BCUT2D eigenvalue weighted by Gasteiger charge is 2.79.